The molecule has 7 nitrogen and oxygen atoms in total. The number of hydrogen-bond acceptors (Lipinski definition) is 6. The summed E-state index contributed by atoms with van der Waals surface area (Å²) in [5.74, 6) is 2.07. The SMILES string of the molecule is COc1ccc(/C(=C/c2ccc([N+](=O)[O-])cc2)C2=NCCc3cc(OC)c(OC)cc32)cc1. The molecule has 3 aromatic rings. The molecule has 0 radical (unpaired) electrons. The highest BCUT2D eigenvalue weighted by Gasteiger charge is 2.22. The summed E-state index contributed by atoms with van der Waals surface area (Å²) >= 11 is 0. The van der Waals surface area contributed by atoms with Crippen molar-refractivity contribution in [3.63, 3.8) is 0 Å². The number of non-ortho nitro benzene ring substituents is 1. The normalized spacial score (nSPS) is 13.1. The fraction of sp³-hybridized carbons (Fsp3) is 0.192. The van der Waals surface area contributed by atoms with Crippen LogP contribution in [0.1, 0.15) is 22.3 Å². The molecule has 0 atom stereocenters. The molecule has 0 saturated carbocycles. The van der Waals surface area contributed by atoms with E-state index < -0.39 is 4.92 Å². The Balaban J connectivity index is 1.86. The van der Waals surface area contributed by atoms with Crippen LogP contribution in [0.25, 0.3) is 11.6 Å². The van der Waals surface area contributed by atoms with Crippen molar-refractivity contribution in [1.82, 2.24) is 0 Å². The van der Waals surface area contributed by atoms with Gasteiger partial charge in [0.1, 0.15) is 5.75 Å². The topological polar surface area (TPSA) is 83.2 Å². The van der Waals surface area contributed by atoms with Crippen molar-refractivity contribution in [2.75, 3.05) is 27.9 Å². The average Bonchev–Trinajstić information content (AvgIpc) is 2.86. The van der Waals surface area contributed by atoms with Gasteiger partial charge in [0.25, 0.3) is 5.69 Å². The molecule has 0 spiro atoms. The van der Waals surface area contributed by atoms with Crippen LogP contribution in [-0.4, -0.2) is 38.5 Å². The van der Waals surface area contributed by atoms with Gasteiger partial charge in [0, 0.05) is 29.8 Å². The molecule has 4 rings (SSSR count). The first kappa shape index (κ1) is 22.1. The standard InChI is InChI=1S/C26H24N2O5/c1-31-21-10-6-18(7-11-21)22(14-17-4-8-20(9-5-17)28(29)30)26-23-16-25(33-3)24(32-2)15-19(23)12-13-27-26/h4-11,14-16H,12-13H2,1-3H3/b22-14-. The molecule has 1 aliphatic rings. The molecule has 1 heterocycles. The van der Waals surface area contributed by atoms with Gasteiger partial charge >= 0.3 is 0 Å². The van der Waals surface area contributed by atoms with E-state index >= 15 is 0 Å². The van der Waals surface area contributed by atoms with Gasteiger partial charge in [-0.15, -0.1) is 0 Å². The maximum Gasteiger partial charge on any atom is 0.269 e. The van der Waals surface area contributed by atoms with Crippen LogP contribution in [0, 0.1) is 10.1 Å². The van der Waals surface area contributed by atoms with E-state index in [-0.39, 0.29) is 5.69 Å². The Labute approximate surface area is 192 Å². The largest absolute Gasteiger partial charge is 0.497 e. The second-order valence-corrected chi connectivity index (χ2v) is 7.48. The minimum absolute atomic E-state index is 0.0512. The molecule has 33 heavy (non-hydrogen) atoms. The maximum absolute atomic E-state index is 11.1. The third-order valence-corrected chi connectivity index (χ3v) is 5.59. The number of nitrogens with zero attached hydrogens (tertiary/aromatic N) is 2. The van der Waals surface area contributed by atoms with Gasteiger partial charge in [0.2, 0.25) is 0 Å². The van der Waals surface area contributed by atoms with Gasteiger partial charge in [-0.1, -0.05) is 12.1 Å². The molecule has 0 saturated heterocycles. The number of allylic oxidation sites excluding steroid dienone is 1. The Morgan fingerprint density at radius 2 is 1.61 bits per heavy atom. The third-order valence-electron chi connectivity index (χ3n) is 5.59. The van der Waals surface area contributed by atoms with Gasteiger partial charge in [-0.2, -0.15) is 0 Å². The highest BCUT2D eigenvalue weighted by Crippen LogP contribution is 2.36. The summed E-state index contributed by atoms with van der Waals surface area (Å²) in [5.41, 5.74) is 5.68. The number of rotatable bonds is 7. The van der Waals surface area contributed by atoms with Crippen molar-refractivity contribution < 1.29 is 19.1 Å². The molecule has 0 unspecified atom stereocenters. The summed E-state index contributed by atoms with van der Waals surface area (Å²) in [6.07, 6.45) is 2.79. The van der Waals surface area contributed by atoms with Crippen molar-refractivity contribution in [3.05, 3.63) is 93.0 Å². The van der Waals surface area contributed by atoms with Crippen molar-refractivity contribution in [3.8, 4) is 17.2 Å². The zero-order valence-electron chi connectivity index (χ0n) is 18.7. The van der Waals surface area contributed by atoms with Crippen molar-refractivity contribution in [1.29, 1.82) is 0 Å². The Kier molecular flexibility index (Phi) is 6.40. The van der Waals surface area contributed by atoms with Crippen molar-refractivity contribution in [2.24, 2.45) is 4.99 Å². The first-order valence-electron chi connectivity index (χ1n) is 10.4. The van der Waals surface area contributed by atoms with Gasteiger partial charge < -0.3 is 14.2 Å². The van der Waals surface area contributed by atoms with E-state index in [9.17, 15) is 10.1 Å². The number of ether oxygens (including phenoxy) is 3. The zero-order chi connectivity index (χ0) is 23.4. The second-order valence-electron chi connectivity index (χ2n) is 7.48. The fourth-order valence-electron chi connectivity index (χ4n) is 3.87. The fourth-order valence-corrected chi connectivity index (χ4v) is 3.87. The van der Waals surface area contributed by atoms with Crippen LogP contribution >= 0.6 is 0 Å². The summed E-state index contributed by atoms with van der Waals surface area (Å²) in [6.45, 7) is 0.644. The number of methoxy groups -OCH3 is 3. The van der Waals surface area contributed by atoms with Gasteiger partial charge in [-0.05, 0) is 65.6 Å². The molecule has 0 N–H and O–H groups in total. The molecular formula is C26H24N2O5. The van der Waals surface area contributed by atoms with Gasteiger partial charge in [0.05, 0.1) is 32.0 Å². The second kappa shape index (κ2) is 9.56. The van der Waals surface area contributed by atoms with E-state index in [4.69, 9.17) is 19.2 Å². The molecule has 0 aromatic heterocycles. The lowest BCUT2D eigenvalue weighted by Crippen LogP contribution is -2.15. The molecule has 168 valence electrons. The number of nitro benzene ring substituents is 1. The highest BCUT2D eigenvalue weighted by atomic mass is 16.6. The average molecular weight is 444 g/mol. The lowest BCUT2D eigenvalue weighted by atomic mass is 9.88. The van der Waals surface area contributed by atoms with E-state index in [2.05, 4.69) is 0 Å². The summed E-state index contributed by atoms with van der Waals surface area (Å²) in [4.78, 5) is 15.5. The summed E-state index contributed by atoms with van der Waals surface area (Å²) in [6, 6.07) is 18.2. The molecule has 0 aliphatic carbocycles. The minimum atomic E-state index is -0.404. The van der Waals surface area contributed by atoms with E-state index in [0.717, 1.165) is 45.7 Å². The monoisotopic (exact) mass is 444 g/mol. The number of hydrogen-bond donors (Lipinski definition) is 0. The molecule has 3 aromatic carbocycles. The Morgan fingerprint density at radius 1 is 0.939 bits per heavy atom. The quantitative estimate of drug-likeness (QED) is 0.284. The van der Waals surface area contributed by atoms with Crippen LogP contribution in [0.15, 0.2) is 65.7 Å². The third kappa shape index (κ3) is 4.57. The van der Waals surface area contributed by atoms with E-state index in [1.807, 2.05) is 42.5 Å². The number of nitro groups is 1. The first-order chi connectivity index (χ1) is 16.0. The molecule has 7 heteroatoms. The van der Waals surface area contributed by atoms with Gasteiger partial charge in [-0.25, -0.2) is 0 Å². The van der Waals surface area contributed by atoms with Crippen molar-refractivity contribution in [2.45, 2.75) is 6.42 Å². The first-order valence-corrected chi connectivity index (χ1v) is 10.4. The van der Waals surface area contributed by atoms with Crippen LogP contribution < -0.4 is 14.2 Å². The smallest absolute Gasteiger partial charge is 0.269 e. The lowest BCUT2D eigenvalue weighted by Gasteiger charge is -2.22. The molecule has 1 aliphatic heterocycles. The molecule has 0 fully saturated rings. The van der Waals surface area contributed by atoms with Crippen LogP contribution in [-0.2, 0) is 6.42 Å². The van der Waals surface area contributed by atoms with Crippen LogP contribution in [0.4, 0.5) is 5.69 Å². The maximum atomic E-state index is 11.1. The number of fused-ring (bicyclic) bond motifs is 1. The Hall–Kier alpha value is -4.13. The Morgan fingerprint density at radius 3 is 2.21 bits per heavy atom. The number of benzene rings is 3. The van der Waals surface area contributed by atoms with Crippen LogP contribution in [0.5, 0.6) is 17.2 Å². The predicted octanol–water partition coefficient (Wildman–Crippen LogP) is 5.21. The Bertz CT molecular complexity index is 1230. The van der Waals surface area contributed by atoms with E-state index in [1.165, 1.54) is 12.1 Å². The van der Waals surface area contributed by atoms with Gasteiger partial charge in [0.15, 0.2) is 11.5 Å². The predicted molar refractivity (Wildman–Crippen MR) is 129 cm³/mol. The van der Waals surface area contributed by atoms with E-state index in [1.54, 1.807) is 33.5 Å². The molecular weight excluding hydrogens is 420 g/mol. The summed E-state index contributed by atoms with van der Waals surface area (Å²) in [5, 5.41) is 11.1. The van der Waals surface area contributed by atoms with Crippen molar-refractivity contribution >= 4 is 23.0 Å². The lowest BCUT2D eigenvalue weighted by molar-refractivity contribution is -0.384. The molecule has 0 bridgehead atoms. The molecule has 0 amide bonds. The van der Waals surface area contributed by atoms with Gasteiger partial charge in [-0.3, -0.25) is 15.1 Å². The zero-order valence-corrected chi connectivity index (χ0v) is 18.7. The minimum Gasteiger partial charge on any atom is -0.497 e. The number of aliphatic imine (C=N–C) groups is 1. The van der Waals surface area contributed by atoms with E-state index in [0.29, 0.717) is 18.0 Å². The summed E-state index contributed by atoms with van der Waals surface area (Å²) in [7, 11) is 4.87. The van der Waals surface area contributed by atoms with Crippen LogP contribution in [0.3, 0.4) is 0 Å². The van der Waals surface area contributed by atoms with Crippen LogP contribution in [0.2, 0.25) is 0 Å². The highest BCUT2D eigenvalue weighted by molar-refractivity contribution is 6.35. The summed E-state index contributed by atoms with van der Waals surface area (Å²) < 4.78 is 16.3.